The van der Waals surface area contributed by atoms with E-state index in [1.165, 1.54) is 0 Å². The van der Waals surface area contributed by atoms with Crippen molar-refractivity contribution in [3.8, 4) is 0 Å². The van der Waals surface area contributed by atoms with E-state index in [-0.39, 0.29) is 0 Å². The van der Waals surface area contributed by atoms with E-state index in [2.05, 4.69) is 0 Å². The van der Waals surface area contributed by atoms with Crippen LogP contribution in [0.5, 0.6) is 0 Å². The van der Waals surface area contributed by atoms with Crippen molar-refractivity contribution < 1.29 is 29.0 Å². The molecular formula is C5H10O6S. The van der Waals surface area contributed by atoms with Crippen LogP contribution in [0.1, 0.15) is 0 Å². The van der Waals surface area contributed by atoms with Gasteiger partial charge in [-0.1, -0.05) is 0 Å². The van der Waals surface area contributed by atoms with E-state index in [1.807, 2.05) is 0 Å². The molecule has 1 rings (SSSR count). The highest BCUT2D eigenvalue weighted by atomic mass is 32.3. The maximum atomic E-state index is 9.00. The Balaban J connectivity index is 3.18. The van der Waals surface area contributed by atoms with Crippen LogP contribution in [0, 0.1) is 0 Å². The van der Waals surface area contributed by atoms with Crippen molar-refractivity contribution in [3.05, 3.63) is 23.0 Å². The zero-order chi connectivity index (χ0) is 9.59. The third-order valence-electron chi connectivity index (χ3n) is 1.49. The minimum atomic E-state index is -5.36. The van der Waals surface area contributed by atoms with E-state index in [0.717, 1.165) is 0 Å². The predicted octanol–water partition coefficient (Wildman–Crippen LogP) is 0.651. The lowest BCUT2D eigenvalue weighted by Gasteiger charge is -2.49. The van der Waals surface area contributed by atoms with Gasteiger partial charge in [-0.25, -0.2) is 0 Å². The number of rotatable bonds is 0. The largest absolute Gasteiger partial charge is 0.505 e. The first-order valence-corrected chi connectivity index (χ1v) is 5.22. The maximum absolute atomic E-state index is 9.00. The molecule has 1 aliphatic rings. The average molecular weight is 198 g/mol. The monoisotopic (exact) mass is 198 g/mol. The van der Waals surface area contributed by atoms with E-state index in [0.29, 0.717) is 11.5 Å². The Bertz CT molecular complexity index is 271. The molecule has 1 unspecified atom stereocenters. The summed E-state index contributed by atoms with van der Waals surface area (Å²) in [6.45, 7) is 0. The molecule has 1 aliphatic heterocycles. The van der Waals surface area contributed by atoms with Crippen LogP contribution in [0.2, 0.25) is 0 Å². The van der Waals surface area contributed by atoms with E-state index >= 15 is 0 Å². The van der Waals surface area contributed by atoms with E-state index in [1.54, 1.807) is 0 Å². The first-order chi connectivity index (χ1) is 5.22. The SMILES string of the molecule is OC1=C(O)C(O)[SH](O)(O)(O)C=C1. The molecule has 0 saturated carbocycles. The quantitative estimate of drug-likeness (QED) is 0.287. The van der Waals surface area contributed by atoms with Crippen LogP contribution >= 0.6 is 10.0 Å². The molecule has 0 bridgehead atoms. The van der Waals surface area contributed by atoms with E-state index in [4.69, 9.17) is 29.0 Å². The summed E-state index contributed by atoms with van der Waals surface area (Å²) in [5, 5.41) is 27.0. The smallest absolute Gasteiger partial charge is 0.189 e. The second kappa shape index (κ2) is 2.15. The molecule has 0 aromatic carbocycles. The van der Waals surface area contributed by atoms with Crippen LogP contribution in [0.4, 0.5) is 0 Å². The van der Waals surface area contributed by atoms with Gasteiger partial charge in [-0.2, -0.15) is 0 Å². The van der Waals surface area contributed by atoms with Crippen LogP contribution in [-0.4, -0.2) is 34.4 Å². The zero-order valence-corrected chi connectivity index (χ0v) is 6.76. The lowest BCUT2D eigenvalue weighted by atomic mass is 10.4. The number of allylic oxidation sites excluding steroid dienone is 1. The summed E-state index contributed by atoms with van der Waals surface area (Å²) in [6.07, 6.45) is 0.708. The van der Waals surface area contributed by atoms with Crippen LogP contribution in [0.25, 0.3) is 0 Å². The fourth-order valence-corrected chi connectivity index (χ4v) is 1.94. The van der Waals surface area contributed by atoms with Crippen molar-refractivity contribution in [3.63, 3.8) is 0 Å². The van der Waals surface area contributed by atoms with Gasteiger partial charge in [-0.3, -0.25) is 0 Å². The molecule has 0 amide bonds. The second-order valence-electron chi connectivity index (χ2n) is 2.57. The molecular weight excluding hydrogens is 188 g/mol. The van der Waals surface area contributed by atoms with Gasteiger partial charge in [0.2, 0.25) is 0 Å². The summed E-state index contributed by atoms with van der Waals surface area (Å²) in [5.41, 5.74) is -2.26. The Morgan fingerprint density at radius 2 is 1.67 bits per heavy atom. The van der Waals surface area contributed by atoms with Gasteiger partial charge in [-0.15, -0.1) is 0 Å². The summed E-state index contributed by atoms with van der Waals surface area (Å²) in [4.78, 5) is 0. The van der Waals surface area contributed by atoms with Gasteiger partial charge < -0.3 is 29.0 Å². The van der Waals surface area contributed by atoms with Gasteiger partial charge in [0.1, 0.15) is 0 Å². The molecule has 1 atom stereocenters. The molecule has 0 spiro atoms. The van der Waals surface area contributed by atoms with Gasteiger partial charge in [0, 0.05) is 5.41 Å². The summed E-state index contributed by atoms with van der Waals surface area (Å²) < 4.78 is 27.0. The second-order valence-corrected chi connectivity index (χ2v) is 5.58. The lowest BCUT2D eigenvalue weighted by Crippen LogP contribution is -2.32. The highest BCUT2D eigenvalue weighted by Crippen LogP contribution is 2.65. The fraction of sp³-hybridized carbons (Fsp3) is 0.200. The molecule has 7 heteroatoms. The van der Waals surface area contributed by atoms with Gasteiger partial charge in [0.15, 0.2) is 17.0 Å². The molecule has 6 N–H and O–H groups in total. The number of hydrogen-bond donors (Lipinski definition) is 7. The average Bonchev–Trinajstić information content (AvgIpc) is 1.94. The van der Waals surface area contributed by atoms with Gasteiger partial charge >= 0.3 is 0 Å². The fourth-order valence-electron chi connectivity index (χ4n) is 0.747. The first-order valence-electron chi connectivity index (χ1n) is 2.98. The molecule has 0 aliphatic carbocycles. The van der Waals surface area contributed by atoms with Crippen LogP contribution in [0.15, 0.2) is 23.0 Å². The van der Waals surface area contributed by atoms with E-state index in [9.17, 15) is 0 Å². The van der Waals surface area contributed by atoms with Crippen molar-refractivity contribution >= 4 is 10.0 Å². The Hall–Kier alpha value is -0.730. The molecule has 0 aromatic rings. The summed E-state index contributed by atoms with van der Waals surface area (Å²) in [5.74, 6) is -1.76. The molecule has 0 saturated heterocycles. The van der Waals surface area contributed by atoms with Crippen LogP contribution in [-0.2, 0) is 0 Å². The zero-order valence-electron chi connectivity index (χ0n) is 5.86. The third-order valence-corrected chi connectivity index (χ3v) is 3.40. The minimum Gasteiger partial charge on any atom is -0.505 e. The van der Waals surface area contributed by atoms with Crippen molar-refractivity contribution in [1.82, 2.24) is 0 Å². The normalized spacial score (nSPS) is 35.7. The summed E-state index contributed by atoms with van der Waals surface area (Å²) in [6, 6.07) is 0. The summed E-state index contributed by atoms with van der Waals surface area (Å²) >= 11 is 0. The van der Waals surface area contributed by atoms with Gasteiger partial charge in [-0.05, 0) is 16.1 Å². The van der Waals surface area contributed by atoms with Crippen molar-refractivity contribution in [1.29, 1.82) is 0 Å². The highest BCUT2D eigenvalue weighted by Gasteiger charge is 2.42. The third kappa shape index (κ3) is 1.28. The van der Waals surface area contributed by atoms with Gasteiger partial charge in [0.05, 0.1) is 0 Å². The van der Waals surface area contributed by atoms with Crippen molar-refractivity contribution in [2.45, 2.75) is 5.44 Å². The Morgan fingerprint density at radius 1 is 1.17 bits per heavy atom. The Kier molecular flexibility index (Phi) is 1.68. The standard InChI is InChI=1S/C5H10O6S/c6-3-1-2-12(9,10,11)5(8)4(3)7/h1-2,5-12H. The highest BCUT2D eigenvalue weighted by molar-refractivity contribution is 8.39. The summed E-state index contributed by atoms with van der Waals surface area (Å²) in [7, 11) is -5.36. The van der Waals surface area contributed by atoms with Crippen molar-refractivity contribution in [2.24, 2.45) is 0 Å². The predicted molar refractivity (Wildman–Crippen MR) is 44.3 cm³/mol. The van der Waals surface area contributed by atoms with Crippen LogP contribution in [0.3, 0.4) is 0 Å². The van der Waals surface area contributed by atoms with Gasteiger partial charge in [0.25, 0.3) is 0 Å². The number of hydrogen-bond acceptors (Lipinski definition) is 6. The topological polar surface area (TPSA) is 121 Å². The number of aliphatic hydroxyl groups excluding tert-OH is 3. The first kappa shape index (κ1) is 9.36. The lowest BCUT2D eigenvalue weighted by molar-refractivity contribution is 0.162. The Labute approximate surface area is 68.2 Å². The van der Waals surface area contributed by atoms with E-state index < -0.39 is 27.0 Å². The van der Waals surface area contributed by atoms with Crippen LogP contribution < -0.4 is 0 Å². The molecule has 1 heterocycles. The molecule has 6 nitrogen and oxygen atoms in total. The maximum Gasteiger partial charge on any atom is 0.189 e. The molecule has 0 fully saturated rings. The minimum absolute atomic E-state index is 0.478. The number of thiol groups is 1. The van der Waals surface area contributed by atoms with Crippen molar-refractivity contribution in [2.75, 3.05) is 0 Å². The number of aliphatic hydroxyl groups is 3. The molecule has 0 aromatic heterocycles. The Morgan fingerprint density at radius 3 is 2.08 bits per heavy atom. The molecule has 72 valence electrons. The molecule has 12 heavy (non-hydrogen) atoms. The molecule has 0 radical (unpaired) electrons.